The van der Waals surface area contributed by atoms with Crippen LogP contribution in [-0.4, -0.2) is 32.6 Å². The highest BCUT2D eigenvalue weighted by atomic mass is 35.5. The Bertz CT molecular complexity index is 1260. The topological polar surface area (TPSA) is 44.3 Å². The first kappa shape index (κ1) is 22.8. The first-order chi connectivity index (χ1) is 16.3. The van der Waals surface area contributed by atoms with E-state index in [0.717, 1.165) is 27.7 Å². The summed E-state index contributed by atoms with van der Waals surface area (Å²) in [7, 11) is 2.12. The summed E-state index contributed by atoms with van der Waals surface area (Å²) >= 11 is 12.9. The SMILES string of the molecule is CC1=CC(C)(C)N(C)c2cc(Cl)c([C@@H]3[C@H](c4ccccn4)NC(=S)N3Cc3ccccn3)cc21. The Kier molecular flexibility index (Phi) is 5.82. The van der Waals surface area contributed by atoms with Crippen LogP contribution >= 0.6 is 23.8 Å². The van der Waals surface area contributed by atoms with Crippen molar-refractivity contribution in [3.05, 3.63) is 94.5 Å². The fourth-order valence-corrected chi connectivity index (χ4v) is 5.57. The number of fused-ring (bicyclic) bond motifs is 1. The molecule has 174 valence electrons. The van der Waals surface area contributed by atoms with Crippen LogP contribution in [0.25, 0.3) is 5.57 Å². The molecule has 7 heteroatoms. The van der Waals surface area contributed by atoms with E-state index in [-0.39, 0.29) is 17.6 Å². The number of nitrogens with zero attached hydrogens (tertiary/aromatic N) is 4. The van der Waals surface area contributed by atoms with Gasteiger partial charge >= 0.3 is 0 Å². The number of hydrogen-bond donors (Lipinski definition) is 1. The van der Waals surface area contributed by atoms with Crippen LogP contribution in [0.4, 0.5) is 5.69 Å². The molecule has 1 saturated heterocycles. The number of nitrogens with one attached hydrogen (secondary N) is 1. The molecule has 0 bridgehead atoms. The third kappa shape index (κ3) is 3.95. The molecule has 5 nitrogen and oxygen atoms in total. The molecule has 0 amide bonds. The van der Waals surface area contributed by atoms with Crippen molar-refractivity contribution in [3.63, 3.8) is 0 Å². The van der Waals surface area contributed by atoms with Gasteiger partial charge in [-0.05, 0) is 80.5 Å². The molecule has 0 unspecified atom stereocenters. The Morgan fingerprint density at radius 3 is 2.50 bits per heavy atom. The summed E-state index contributed by atoms with van der Waals surface area (Å²) in [6.07, 6.45) is 5.94. The maximum Gasteiger partial charge on any atom is 0.170 e. The molecule has 3 aromatic rings. The molecule has 2 atom stereocenters. The third-order valence-electron chi connectivity index (χ3n) is 6.91. The van der Waals surface area contributed by atoms with E-state index in [1.165, 1.54) is 11.1 Å². The lowest BCUT2D eigenvalue weighted by Gasteiger charge is -2.41. The summed E-state index contributed by atoms with van der Waals surface area (Å²) in [6.45, 7) is 7.18. The van der Waals surface area contributed by atoms with Crippen LogP contribution in [0, 0.1) is 0 Å². The molecule has 0 radical (unpaired) electrons. The van der Waals surface area contributed by atoms with E-state index in [9.17, 15) is 0 Å². The van der Waals surface area contributed by atoms with Crippen molar-refractivity contribution in [3.8, 4) is 0 Å². The van der Waals surface area contributed by atoms with E-state index < -0.39 is 0 Å². The standard InChI is InChI=1S/C27H28ClN5S/c1-17-15-27(2,3)32(4)23-14-21(28)20(13-19(17)23)25-24(22-10-6-8-12-30-22)31-26(34)33(25)16-18-9-5-7-11-29-18/h5-15,24-25H,16H2,1-4H3,(H,31,34)/t24-,25+/m0/s1. The van der Waals surface area contributed by atoms with Crippen LogP contribution in [0.2, 0.25) is 5.02 Å². The predicted octanol–water partition coefficient (Wildman–Crippen LogP) is 5.93. The van der Waals surface area contributed by atoms with Gasteiger partial charge in [0.1, 0.15) is 0 Å². The van der Waals surface area contributed by atoms with Crippen LogP contribution in [0.3, 0.4) is 0 Å². The van der Waals surface area contributed by atoms with Gasteiger partial charge in [0.05, 0.1) is 35.6 Å². The fourth-order valence-electron chi connectivity index (χ4n) is 4.99. The molecular weight excluding hydrogens is 462 g/mol. The summed E-state index contributed by atoms with van der Waals surface area (Å²) in [6, 6.07) is 16.0. The highest BCUT2D eigenvalue weighted by Crippen LogP contribution is 2.46. The van der Waals surface area contributed by atoms with Crippen molar-refractivity contribution in [2.45, 2.75) is 44.9 Å². The molecule has 2 aliphatic rings. The van der Waals surface area contributed by atoms with Gasteiger partial charge in [0, 0.05) is 35.7 Å². The second-order valence-corrected chi connectivity index (χ2v) is 10.3. The van der Waals surface area contributed by atoms with Gasteiger partial charge in [-0.15, -0.1) is 0 Å². The zero-order valence-electron chi connectivity index (χ0n) is 19.8. The van der Waals surface area contributed by atoms with E-state index in [0.29, 0.717) is 11.7 Å². The summed E-state index contributed by atoms with van der Waals surface area (Å²) in [5, 5.41) is 4.91. The smallest absolute Gasteiger partial charge is 0.170 e. The van der Waals surface area contributed by atoms with Crippen LogP contribution in [0.15, 0.2) is 67.0 Å². The maximum absolute atomic E-state index is 7.04. The monoisotopic (exact) mass is 489 g/mol. The molecule has 2 aliphatic heterocycles. The predicted molar refractivity (Wildman–Crippen MR) is 143 cm³/mol. The highest BCUT2D eigenvalue weighted by molar-refractivity contribution is 7.80. The molecule has 5 rings (SSSR count). The number of allylic oxidation sites excluding steroid dienone is 1. The quantitative estimate of drug-likeness (QED) is 0.458. The van der Waals surface area contributed by atoms with Crippen molar-refractivity contribution in [1.29, 1.82) is 0 Å². The normalized spacial score (nSPS) is 21.2. The van der Waals surface area contributed by atoms with E-state index >= 15 is 0 Å². The number of pyridine rings is 2. The molecule has 34 heavy (non-hydrogen) atoms. The number of anilines is 1. The number of halogens is 1. The van der Waals surface area contributed by atoms with Crippen LogP contribution in [0.5, 0.6) is 0 Å². The summed E-state index contributed by atoms with van der Waals surface area (Å²) in [5.41, 5.74) is 6.40. The molecule has 1 aromatic carbocycles. The summed E-state index contributed by atoms with van der Waals surface area (Å²) in [4.78, 5) is 13.7. The van der Waals surface area contributed by atoms with Gasteiger partial charge < -0.3 is 15.1 Å². The minimum atomic E-state index is -0.130. The van der Waals surface area contributed by atoms with Gasteiger partial charge in [-0.25, -0.2) is 0 Å². The lowest BCUT2D eigenvalue weighted by atomic mass is 9.86. The number of thiocarbonyl (C=S) groups is 1. The first-order valence-electron chi connectivity index (χ1n) is 11.4. The average molecular weight is 490 g/mol. The Morgan fingerprint density at radius 1 is 1.09 bits per heavy atom. The molecule has 0 spiro atoms. The number of rotatable bonds is 4. The van der Waals surface area contributed by atoms with Crippen molar-refractivity contribution < 1.29 is 0 Å². The van der Waals surface area contributed by atoms with Crippen LogP contribution in [0.1, 0.15) is 55.4 Å². The fraction of sp³-hybridized carbons (Fsp3) is 0.296. The van der Waals surface area contributed by atoms with Crippen molar-refractivity contribution in [1.82, 2.24) is 20.2 Å². The van der Waals surface area contributed by atoms with Crippen LogP contribution in [-0.2, 0) is 6.54 Å². The molecule has 1 N–H and O–H groups in total. The van der Waals surface area contributed by atoms with Gasteiger partial charge in [0.15, 0.2) is 5.11 Å². The van der Waals surface area contributed by atoms with E-state index in [1.807, 2.05) is 48.8 Å². The Morgan fingerprint density at radius 2 is 1.82 bits per heavy atom. The second kappa shape index (κ2) is 8.67. The van der Waals surface area contributed by atoms with Gasteiger partial charge in [-0.1, -0.05) is 29.8 Å². The third-order valence-corrected chi connectivity index (χ3v) is 7.59. The molecule has 2 aromatic heterocycles. The molecular formula is C27H28ClN5S. The number of hydrogen-bond acceptors (Lipinski definition) is 4. The Hall–Kier alpha value is -2.96. The zero-order chi connectivity index (χ0) is 24.0. The minimum Gasteiger partial charge on any atom is -0.365 e. The van der Waals surface area contributed by atoms with Gasteiger partial charge in [0.2, 0.25) is 0 Å². The Balaban J connectivity index is 1.64. The minimum absolute atomic E-state index is 0.0834. The van der Waals surface area contributed by atoms with Crippen LogP contribution < -0.4 is 10.2 Å². The van der Waals surface area contributed by atoms with Crippen molar-refractivity contribution in [2.75, 3.05) is 11.9 Å². The molecule has 4 heterocycles. The largest absolute Gasteiger partial charge is 0.365 e. The van der Waals surface area contributed by atoms with Gasteiger partial charge in [-0.2, -0.15) is 0 Å². The second-order valence-electron chi connectivity index (χ2n) is 9.51. The number of aromatic nitrogens is 2. The molecule has 0 saturated carbocycles. The lowest BCUT2D eigenvalue weighted by Crippen LogP contribution is -2.42. The van der Waals surface area contributed by atoms with Crippen molar-refractivity contribution >= 4 is 40.2 Å². The zero-order valence-corrected chi connectivity index (χ0v) is 21.4. The highest BCUT2D eigenvalue weighted by Gasteiger charge is 2.42. The van der Waals surface area contributed by atoms with E-state index in [4.69, 9.17) is 23.8 Å². The van der Waals surface area contributed by atoms with Crippen molar-refractivity contribution in [2.24, 2.45) is 0 Å². The Labute approximate surface area is 211 Å². The number of benzene rings is 1. The first-order valence-corrected chi connectivity index (χ1v) is 12.2. The molecule has 0 aliphatic carbocycles. The summed E-state index contributed by atoms with van der Waals surface area (Å²) in [5.74, 6) is 0. The van der Waals surface area contributed by atoms with E-state index in [1.54, 1.807) is 0 Å². The lowest BCUT2D eigenvalue weighted by molar-refractivity contribution is 0.308. The maximum atomic E-state index is 7.04. The van der Waals surface area contributed by atoms with Gasteiger partial charge in [-0.3, -0.25) is 9.97 Å². The summed E-state index contributed by atoms with van der Waals surface area (Å²) < 4.78 is 0. The van der Waals surface area contributed by atoms with E-state index in [2.05, 4.69) is 71.1 Å². The van der Waals surface area contributed by atoms with Gasteiger partial charge in [0.25, 0.3) is 0 Å². The molecule has 1 fully saturated rings. The number of likely N-dealkylation sites (N-methyl/N-ethyl adjacent to an activating group) is 1. The average Bonchev–Trinajstić information content (AvgIpc) is 3.14.